The molecule has 0 unspecified atom stereocenters. The van der Waals surface area contributed by atoms with Crippen molar-refractivity contribution in [3.8, 4) is 11.5 Å². The van der Waals surface area contributed by atoms with Crippen molar-refractivity contribution in [2.45, 2.75) is 13.5 Å². The molecule has 7 heteroatoms. The first-order chi connectivity index (χ1) is 14.6. The molecule has 3 rings (SSSR count). The Kier molecular flexibility index (Phi) is 7.00. The molecule has 0 saturated heterocycles. The number of esters is 1. The minimum Gasteiger partial charge on any atom is -0.490 e. The Morgan fingerprint density at radius 1 is 0.933 bits per heavy atom. The van der Waals surface area contributed by atoms with Crippen LogP contribution in [0, 0.1) is 0 Å². The van der Waals surface area contributed by atoms with E-state index >= 15 is 0 Å². The number of pyridine rings is 1. The topological polar surface area (TPSA) is 86.8 Å². The average Bonchev–Trinajstić information content (AvgIpc) is 2.78. The second-order valence-electron chi connectivity index (χ2n) is 6.27. The highest BCUT2D eigenvalue weighted by Gasteiger charge is 2.13. The fourth-order valence-electron chi connectivity index (χ4n) is 2.72. The lowest BCUT2D eigenvalue weighted by atomic mass is 10.1. The third-order valence-corrected chi connectivity index (χ3v) is 4.19. The number of rotatable bonds is 8. The van der Waals surface area contributed by atoms with Crippen molar-refractivity contribution in [2.75, 3.05) is 19.0 Å². The number of nitrogens with zero attached hydrogens (tertiary/aromatic N) is 1. The third-order valence-electron chi connectivity index (χ3n) is 4.19. The highest BCUT2D eigenvalue weighted by Crippen LogP contribution is 2.29. The number of benzene rings is 2. The zero-order valence-corrected chi connectivity index (χ0v) is 16.8. The molecule has 1 N–H and O–H groups in total. The van der Waals surface area contributed by atoms with Crippen LogP contribution in [0.25, 0.3) is 0 Å². The molecule has 3 aromatic rings. The highest BCUT2D eigenvalue weighted by atomic mass is 16.5. The molecule has 0 bridgehead atoms. The summed E-state index contributed by atoms with van der Waals surface area (Å²) in [6.45, 7) is 2.64. The summed E-state index contributed by atoms with van der Waals surface area (Å²) in [5, 5.41) is 2.77. The van der Waals surface area contributed by atoms with Gasteiger partial charge in [-0.25, -0.2) is 4.79 Å². The second-order valence-corrected chi connectivity index (χ2v) is 6.27. The molecule has 2 aromatic carbocycles. The van der Waals surface area contributed by atoms with E-state index in [9.17, 15) is 9.59 Å². The molecule has 1 amide bonds. The van der Waals surface area contributed by atoms with Crippen molar-refractivity contribution in [1.82, 2.24) is 4.98 Å². The van der Waals surface area contributed by atoms with Gasteiger partial charge in [-0.05, 0) is 61.0 Å². The lowest BCUT2D eigenvalue weighted by Crippen LogP contribution is -2.13. The summed E-state index contributed by atoms with van der Waals surface area (Å²) >= 11 is 0. The summed E-state index contributed by atoms with van der Waals surface area (Å²) in [5.41, 5.74) is 2.21. The normalized spacial score (nSPS) is 10.2. The fraction of sp³-hybridized carbons (Fsp3) is 0.174. The van der Waals surface area contributed by atoms with Gasteiger partial charge in [0.05, 0.1) is 19.3 Å². The van der Waals surface area contributed by atoms with Crippen LogP contribution >= 0.6 is 0 Å². The Bertz CT molecular complexity index is 1020. The van der Waals surface area contributed by atoms with Gasteiger partial charge in [0.1, 0.15) is 6.61 Å². The molecule has 0 radical (unpaired) electrons. The van der Waals surface area contributed by atoms with Gasteiger partial charge in [-0.15, -0.1) is 0 Å². The SMILES string of the molecule is CCOc1cc(C(=O)Nc2cccc(C(=O)OC)c2)ccc1OCc1ccncc1. The first-order valence-corrected chi connectivity index (χ1v) is 9.39. The molecular formula is C23H22N2O5. The van der Waals surface area contributed by atoms with E-state index in [2.05, 4.69) is 10.3 Å². The quantitative estimate of drug-likeness (QED) is 0.567. The van der Waals surface area contributed by atoms with Gasteiger partial charge in [0.15, 0.2) is 11.5 Å². The molecule has 0 saturated carbocycles. The van der Waals surface area contributed by atoms with Crippen LogP contribution in [0.3, 0.4) is 0 Å². The van der Waals surface area contributed by atoms with E-state index in [-0.39, 0.29) is 5.91 Å². The Morgan fingerprint density at radius 2 is 1.73 bits per heavy atom. The molecule has 154 valence electrons. The Labute approximate surface area is 174 Å². The van der Waals surface area contributed by atoms with Crippen LogP contribution in [0.15, 0.2) is 67.0 Å². The van der Waals surface area contributed by atoms with Gasteiger partial charge in [-0.1, -0.05) is 6.07 Å². The Balaban J connectivity index is 1.74. The first-order valence-electron chi connectivity index (χ1n) is 9.39. The van der Waals surface area contributed by atoms with Crippen LogP contribution < -0.4 is 14.8 Å². The van der Waals surface area contributed by atoms with Crippen molar-refractivity contribution >= 4 is 17.6 Å². The Hall–Kier alpha value is -3.87. The van der Waals surface area contributed by atoms with E-state index in [1.165, 1.54) is 7.11 Å². The maximum absolute atomic E-state index is 12.7. The number of amides is 1. The zero-order chi connectivity index (χ0) is 21.3. The number of hydrogen-bond acceptors (Lipinski definition) is 6. The molecule has 0 aliphatic heterocycles. The summed E-state index contributed by atoms with van der Waals surface area (Å²) in [6, 6.07) is 15.3. The number of hydrogen-bond donors (Lipinski definition) is 1. The van der Waals surface area contributed by atoms with E-state index in [1.54, 1.807) is 54.9 Å². The summed E-state index contributed by atoms with van der Waals surface area (Å²) < 4.78 is 16.2. The van der Waals surface area contributed by atoms with E-state index in [4.69, 9.17) is 14.2 Å². The number of ether oxygens (including phenoxy) is 3. The van der Waals surface area contributed by atoms with E-state index in [0.29, 0.717) is 41.5 Å². The minimum atomic E-state index is -0.472. The van der Waals surface area contributed by atoms with Crippen molar-refractivity contribution in [3.63, 3.8) is 0 Å². The predicted octanol–water partition coefficient (Wildman–Crippen LogP) is 4.10. The van der Waals surface area contributed by atoms with Crippen LogP contribution in [-0.2, 0) is 11.3 Å². The number of methoxy groups -OCH3 is 1. The number of nitrogens with one attached hydrogen (secondary N) is 1. The van der Waals surface area contributed by atoms with Gasteiger partial charge in [-0.3, -0.25) is 9.78 Å². The lowest BCUT2D eigenvalue weighted by molar-refractivity contribution is 0.0600. The number of anilines is 1. The standard InChI is InChI=1S/C23H22N2O5/c1-3-29-21-14-17(7-8-20(21)30-15-16-9-11-24-12-10-16)22(26)25-19-6-4-5-18(13-19)23(27)28-2/h4-14H,3,15H2,1-2H3,(H,25,26). The van der Waals surface area contributed by atoms with Crippen LogP contribution in [0.1, 0.15) is 33.2 Å². The van der Waals surface area contributed by atoms with Crippen molar-refractivity contribution in [3.05, 3.63) is 83.7 Å². The monoisotopic (exact) mass is 406 g/mol. The molecule has 0 aliphatic rings. The van der Waals surface area contributed by atoms with Gasteiger partial charge in [-0.2, -0.15) is 0 Å². The van der Waals surface area contributed by atoms with Gasteiger partial charge < -0.3 is 19.5 Å². The van der Waals surface area contributed by atoms with Crippen LogP contribution in [0.4, 0.5) is 5.69 Å². The molecule has 1 aromatic heterocycles. The smallest absolute Gasteiger partial charge is 0.337 e. The van der Waals surface area contributed by atoms with Crippen LogP contribution in [-0.4, -0.2) is 30.6 Å². The fourth-order valence-corrected chi connectivity index (χ4v) is 2.72. The highest BCUT2D eigenvalue weighted by molar-refractivity contribution is 6.05. The zero-order valence-electron chi connectivity index (χ0n) is 16.8. The average molecular weight is 406 g/mol. The number of carbonyl (C=O) groups is 2. The van der Waals surface area contributed by atoms with Crippen molar-refractivity contribution in [1.29, 1.82) is 0 Å². The lowest BCUT2D eigenvalue weighted by Gasteiger charge is -2.14. The molecule has 30 heavy (non-hydrogen) atoms. The molecule has 1 heterocycles. The van der Waals surface area contributed by atoms with E-state index in [0.717, 1.165) is 5.56 Å². The van der Waals surface area contributed by atoms with Crippen LogP contribution in [0.2, 0.25) is 0 Å². The van der Waals surface area contributed by atoms with Crippen molar-refractivity contribution in [2.24, 2.45) is 0 Å². The second kappa shape index (κ2) is 10.1. The van der Waals surface area contributed by atoms with E-state index < -0.39 is 5.97 Å². The first kappa shape index (κ1) is 20.9. The maximum Gasteiger partial charge on any atom is 0.337 e. The Morgan fingerprint density at radius 3 is 2.47 bits per heavy atom. The summed E-state index contributed by atoms with van der Waals surface area (Å²) in [4.78, 5) is 28.3. The largest absolute Gasteiger partial charge is 0.490 e. The molecule has 7 nitrogen and oxygen atoms in total. The molecule has 0 atom stereocenters. The number of aromatic nitrogens is 1. The summed E-state index contributed by atoms with van der Waals surface area (Å²) in [5.74, 6) is 0.208. The minimum absolute atomic E-state index is 0.335. The molecular weight excluding hydrogens is 384 g/mol. The van der Waals surface area contributed by atoms with Gasteiger partial charge in [0.25, 0.3) is 5.91 Å². The molecule has 0 spiro atoms. The van der Waals surface area contributed by atoms with Gasteiger partial charge in [0.2, 0.25) is 0 Å². The van der Waals surface area contributed by atoms with Gasteiger partial charge >= 0.3 is 5.97 Å². The van der Waals surface area contributed by atoms with Crippen molar-refractivity contribution < 1.29 is 23.8 Å². The summed E-state index contributed by atoms with van der Waals surface area (Å²) in [7, 11) is 1.31. The third kappa shape index (κ3) is 5.35. The predicted molar refractivity (Wildman–Crippen MR) is 112 cm³/mol. The maximum atomic E-state index is 12.7. The van der Waals surface area contributed by atoms with Gasteiger partial charge in [0, 0.05) is 23.6 Å². The summed E-state index contributed by atoms with van der Waals surface area (Å²) in [6.07, 6.45) is 3.40. The molecule has 0 aliphatic carbocycles. The van der Waals surface area contributed by atoms with E-state index in [1.807, 2.05) is 19.1 Å². The number of carbonyl (C=O) groups excluding carboxylic acids is 2. The van der Waals surface area contributed by atoms with Crippen LogP contribution in [0.5, 0.6) is 11.5 Å². The molecule has 0 fully saturated rings.